The standard InChI is InChI=1S/C7H14N3/c1-4-10(2,3)7-5-8-9-6-7/h5-6H,4H2,1-3H3,(H,8,9)/q+1. The Labute approximate surface area is 61.3 Å². The van der Waals surface area contributed by atoms with Crippen molar-refractivity contribution in [3.8, 4) is 0 Å². The second kappa shape index (κ2) is 2.42. The Bertz CT molecular complexity index is 189. The Morgan fingerprint density at radius 1 is 1.60 bits per heavy atom. The molecule has 0 radical (unpaired) electrons. The highest BCUT2D eigenvalue weighted by Crippen LogP contribution is 2.14. The number of H-pyrrole nitrogens is 1. The largest absolute Gasteiger partial charge is 0.293 e. The number of hydrogen-bond acceptors (Lipinski definition) is 1. The summed E-state index contributed by atoms with van der Waals surface area (Å²) >= 11 is 0. The van der Waals surface area contributed by atoms with Crippen molar-refractivity contribution in [2.45, 2.75) is 6.92 Å². The van der Waals surface area contributed by atoms with Gasteiger partial charge in [0.2, 0.25) is 0 Å². The van der Waals surface area contributed by atoms with Crippen molar-refractivity contribution < 1.29 is 0 Å². The van der Waals surface area contributed by atoms with E-state index in [9.17, 15) is 0 Å². The lowest BCUT2D eigenvalue weighted by Crippen LogP contribution is -2.39. The van der Waals surface area contributed by atoms with Gasteiger partial charge in [-0.15, -0.1) is 0 Å². The highest BCUT2D eigenvalue weighted by atomic mass is 15.3. The van der Waals surface area contributed by atoms with Crippen LogP contribution >= 0.6 is 0 Å². The van der Waals surface area contributed by atoms with E-state index in [0.29, 0.717) is 0 Å². The van der Waals surface area contributed by atoms with E-state index in [1.165, 1.54) is 5.69 Å². The summed E-state index contributed by atoms with van der Waals surface area (Å²) in [6.45, 7) is 3.24. The minimum atomic E-state index is 0.885. The van der Waals surface area contributed by atoms with Crippen LogP contribution in [0.3, 0.4) is 0 Å². The predicted molar refractivity (Wildman–Crippen MR) is 42.8 cm³/mol. The molecule has 10 heavy (non-hydrogen) atoms. The van der Waals surface area contributed by atoms with Crippen LogP contribution in [0.5, 0.6) is 0 Å². The normalized spacial score (nSPS) is 11.9. The Hall–Kier alpha value is -0.830. The number of nitrogens with zero attached hydrogens (tertiary/aromatic N) is 2. The maximum absolute atomic E-state index is 3.90. The summed E-state index contributed by atoms with van der Waals surface area (Å²) in [7, 11) is 4.32. The van der Waals surface area contributed by atoms with Gasteiger partial charge in [-0.05, 0) is 6.92 Å². The van der Waals surface area contributed by atoms with Crippen molar-refractivity contribution in [1.29, 1.82) is 0 Å². The summed E-state index contributed by atoms with van der Waals surface area (Å²) < 4.78 is 0.885. The summed E-state index contributed by atoms with van der Waals surface area (Å²) in [6.07, 6.45) is 3.80. The lowest BCUT2D eigenvalue weighted by Gasteiger charge is -2.25. The molecule has 1 N–H and O–H groups in total. The number of rotatable bonds is 2. The van der Waals surface area contributed by atoms with E-state index in [4.69, 9.17) is 0 Å². The molecule has 56 valence electrons. The zero-order valence-electron chi connectivity index (χ0n) is 6.76. The van der Waals surface area contributed by atoms with Crippen LogP contribution < -0.4 is 4.48 Å². The maximum Gasteiger partial charge on any atom is 0.170 e. The van der Waals surface area contributed by atoms with Crippen LogP contribution in [0.25, 0.3) is 0 Å². The van der Waals surface area contributed by atoms with E-state index in [0.717, 1.165) is 11.0 Å². The molecule has 0 spiro atoms. The monoisotopic (exact) mass is 140 g/mol. The number of nitrogens with one attached hydrogen (secondary N) is 1. The first kappa shape index (κ1) is 7.28. The third-order valence-corrected chi connectivity index (χ3v) is 1.97. The smallest absolute Gasteiger partial charge is 0.170 e. The van der Waals surface area contributed by atoms with Crippen LogP contribution in [0.1, 0.15) is 6.92 Å². The first-order chi connectivity index (χ1) is 4.67. The van der Waals surface area contributed by atoms with Crippen molar-refractivity contribution in [3.63, 3.8) is 0 Å². The Balaban J connectivity index is 2.85. The van der Waals surface area contributed by atoms with Gasteiger partial charge in [-0.3, -0.25) is 9.58 Å². The van der Waals surface area contributed by atoms with Gasteiger partial charge in [0.15, 0.2) is 5.69 Å². The zero-order valence-corrected chi connectivity index (χ0v) is 6.76. The molecule has 1 heterocycles. The van der Waals surface area contributed by atoms with Crippen LogP contribution in [0.2, 0.25) is 0 Å². The molecule has 0 aliphatic heterocycles. The van der Waals surface area contributed by atoms with Gasteiger partial charge in [0, 0.05) is 0 Å². The third-order valence-electron chi connectivity index (χ3n) is 1.97. The lowest BCUT2D eigenvalue weighted by atomic mass is 10.4. The Kier molecular flexibility index (Phi) is 1.76. The molecule has 3 nitrogen and oxygen atoms in total. The minimum Gasteiger partial charge on any atom is -0.293 e. The quantitative estimate of drug-likeness (QED) is 0.610. The number of aromatic nitrogens is 2. The van der Waals surface area contributed by atoms with Crippen LogP contribution in [-0.2, 0) is 0 Å². The van der Waals surface area contributed by atoms with Gasteiger partial charge in [0.25, 0.3) is 0 Å². The van der Waals surface area contributed by atoms with Gasteiger partial charge < -0.3 is 0 Å². The molecule has 0 bridgehead atoms. The summed E-state index contributed by atoms with van der Waals surface area (Å²) in [5.41, 5.74) is 1.22. The van der Waals surface area contributed by atoms with Crippen molar-refractivity contribution in [2.24, 2.45) is 0 Å². The third kappa shape index (κ3) is 1.19. The summed E-state index contributed by atoms with van der Waals surface area (Å²) in [4.78, 5) is 0. The SMILES string of the molecule is CC[N+](C)(C)c1cn[nH]c1. The number of hydrogen-bond donors (Lipinski definition) is 1. The molecule has 0 aliphatic carbocycles. The average Bonchev–Trinajstić information content (AvgIpc) is 2.38. The predicted octanol–water partition coefficient (Wildman–Crippen LogP) is 0.996. The molecule has 0 saturated carbocycles. The van der Waals surface area contributed by atoms with Crippen LogP contribution in [0.4, 0.5) is 5.69 Å². The molecule has 0 atom stereocenters. The molecule has 0 fully saturated rings. The van der Waals surface area contributed by atoms with Gasteiger partial charge in [0.1, 0.15) is 6.20 Å². The topological polar surface area (TPSA) is 28.7 Å². The van der Waals surface area contributed by atoms with E-state index in [1.54, 1.807) is 0 Å². The van der Waals surface area contributed by atoms with E-state index in [1.807, 2.05) is 12.4 Å². The molecule has 0 aromatic carbocycles. The highest BCUT2D eigenvalue weighted by molar-refractivity contribution is 5.35. The average molecular weight is 140 g/mol. The van der Waals surface area contributed by atoms with Gasteiger partial charge in [-0.1, -0.05) is 0 Å². The fourth-order valence-corrected chi connectivity index (χ4v) is 0.758. The molecular formula is C7H14N3+. The molecule has 0 aliphatic rings. The van der Waals surface area contributed by atoms with Crippen molar-refractivity contribution in [1.82, 2.24) is 14.7 Å². The summed E-state index contributed by atoms with van der Waals surface area (Å²) in [5.74, 6) is 0. The van der Waals surface area contributed by atoms with Crippen molar-refractivity contribution in [3.05, 3.63) is 12.4 Å². The van der Waals surface area contributed by atoms with E-state index in [-0.39, 0.29) is 0 Å². The van der Waals surface area contributed by atoms with Gasteiger partial charge >= 0.3 is 0 Å². The number of quaternary nitrogens is 1. The molecule has 1 aromatic rings. The van der Waals surface area contributed by atoms with E-state index >= 15 is 0 Å². The van der Waals surface area contributed by atoms with Gasteiger partial charge in [-0.2, -0.15) is 5.10 Å². The molecule has 3 heteroatoms. The first-order valence-electron chi connectivity index (χ1n) is 3.49. The first-order valence-corrected chi connectivity index (χ1v) is 3.49. The van der Waals surface area contributed by atoms with Crippen LogP contribution in [0.15, 0.2) is 12.4 Å². The molecule has 0 amide bonds. The summed E-state index contributed by atoms with van der Waals surface area (Å²) in [5, 5.41) is 6.70. The highest BCUT2D eigenvalue weighted by Gasteiger charge is 2.16. The molecule has 1 aromatic heterocycles. The second-order valence-corrected chi connectivity index (χ2v) is 2.96. The minimum absolute atomic E-state index is 0.885. The fraction of sp³-hybridized carbons (Fsp3) is 0.571. The van der Waals surface area contributed by atoms with E-state index < -0.39 is 0 Å². The number of aromatic amines is 1. The van der Waals surface area contributed by atoms with E-state index in [2.05, 4.69) is 31.2 Å². The fourth-order valence-electron chi connectivity index (χ4n) is 0.758. The van der Waals surface area contributed by atoms with Crippen molar-refractivity contribution in [2.75, 3.05) is 20.6 Å². The summed E-state index contributed by atoms with van der Waals surface area (Å²) in [6, 6.07) is 0. The Morgan fingerprint density at radius 2 is 2.30 bits per heavy atom. The maximum atomic E-state index is 3.90. The van der Waals surface area contributed by atoms with Crippen LogP contribution in [0, 0.1) is 0 Å². The molecular weight excluding hydrogens is 126 g/mol. The zero-order chi connectivity index (χ0) is 7.61. The molecule has 1 rings (SSSR count). The van der Waals surface area contributed by atoms with Crippen molar-refractivity contribution >= 4 is 5.69 Å². The van der Waals surface area contributed by atoms with Gasteiger partial charge in [-0.25, -0.2) is 0 Å². The molecule has 0 saturated heterocycles. The second-order valence-electron chi connectivity index (χ2n) is 2.96. The van der Waals surface area contributed by atoms with Crippen LogP contribution in [-0.4, -0.2) is 30.8 Å². The Morgan fingerprint density at radius 3 is 2.70 bits per heavy atom. The molecule has 0 unspecified atom stereocenters. The lowest BCUT2D eigenvalue weighted by molar-refractivity contribution is 0.421. The van der Waals surface area contributed by atoms with Gasteiger partial charge in [0.05, 0.1) is 26.8 Å².